The summed E-state index contributed by atoms with van der Waals surface area (Å²) in [7, 11) is 0. The van der Waals surface area contributed by atoms with E-state index in [2.05, 4.69) is 193 Å². The summed E-state index contributed by atoms with van der Waals surface area (Å²) in [6.07, 6.45) is 0. The van der Waals surface area contributed by atoms with E-state index in [9.17, 15) is 0 Å². The molecule has 0 saturated carbocycles. The molecule has 0 radical (unpaired) electrons. The average molecular weight is 638 g/mol. The van der Waals surface area contributed by atoms with Gasteiger partial charge in [0.15, 0.2) is 0 Å². The fourth-order valence-corrected chi connectivity index (χ4v) is 7.57. The molecule has 0 spiro atoms. The van der Waals surface area contributed by atoms with Crippen LogP contribution in [0.3, 0.4) is 0 Å². The predicted molar refractivity (Wildman–Crippen MR) is 212 cm³/mol. The molecular formula is C48H31NO. The van der Waals surface area contributed by atoms with Gasteiger partial charge >= 0.3 is 0 Å². The second-order valence-electron chi connectivity index (χ2n) is 12.9. The first-order chi connectivity index (χ1) is 24.8. The molecule has 10 rings (SSSR count). The molecule has 10 aromatic rings. The molecule has 234 valence electrons. The van der Waals surface area contributed by atoms with Crippen LogP contribution in [0, 0.1) is 0 Å². The van der Waals surface area contributed by atoms with Gasteiger partial charge in [-0.05, 0) is 86.8 Å². The first-order valence-corrected chi connectivity index (χ1v) is 17.1. The molecule has 2 heteroatoms. The molecule has 0 amide bonds. The van der Waals surface area contributed by atoms with Crippen molar-refractivity contribution in [2.75, 3.05) is 4.90 Å². The minimum atomic E-state index is 0.896. The van der Waals surface area contributed by atoms with Crippen molar-refractivity contribution in [3.8, 4) is 22.3 Å². The Morgan fingerprint density at radius 1 is 0.340 bits per heavy atom. The molecule has 0 fully saturated rings. The van der Waals surface area contributed by atoms with Gasteiger partial charge < -0.3 is 9.32 Å². The van der Waals surface area contributed by atoms with E-state index in [1.54, 1.807) is 0 Å². The first-order valence-electron chi connectivity index (χ1n) is 17.1. The highest BCUT2D eigenvalue weighted by Gasteiger charge is 2.20. The molecule has 9 aromatic carbocycles. The van der Waals surface area contributed by atoms with Crippen LogP contribution in [0.1, 0.15) is 0 Å². The van der Waals surface area contributed by atoms with Crippen LogP contribution in [0.25, 0.3) is 76.5 Å². The highest BCUT2D eigenvalue weighted by molar-refractivity contribution is 6.16. The molecule has 1 heterocycles. The lowest BCUT2D eigenvalue weighted by atomic mass is 9.98. The molecule has 1 aromatic heterocycles. The van der Waals surface area contributed by atoms with Crippen LogP contribution in [-0.2, 0) is 0 Å². The monoisotopic (exact) mass is 637 g/mol. The summed E-state index contributed by atoms with van der Waals surface area (Å²) in [4.78, 5) is 2.41. The molecular weight excluding hydrogens is 607 g/mol. The maximum Gasteiger partial charge on any atom is 0.143 e. The summed E-state index contributed by atoms with van der Waals surface area (Å²) in [6.45, 7) is 0. The van der Waals surface area contributed by atoms with Gasteiger partial charge in [-0.25, -0.2) is 0 Å². The topological polar surface area (TPSA) is 16.4 Å². The Bertz CT molecular complexity index is 2870. The van der Waals surface area contributed by atoms with Crippen molar-refractivity contribution in [2.24, 2.45) is 0 Å². The standard InChI is InChI=1S/C48H31NO/c1-2-13-36-30-37(21-20-32(36)10-1)33-22-26-39(27-23-33)49(46-19-9-14-34-11-3-5-15-40(34)46)45-18-8-7-16-41(45)38-25-29-47-44(31-38)43-28-24-35-12-4-6-17-42(35)48(43)50-47/h1-31H. The highest BCUT2D eigenvalue weighted by Crippen LogP contribution is 2.45. The average Bonchev–Trinajstić information content (AvgIpc) is 3.57. The second-order valence-corrected chi connectivity index (χ2v) is 12.9. The highest BCUT2D eigenvalue weighted by atomic mass is 16.3. The Kier molecular flexibility index (Phi) is 6.53. The molecule has 50 heavy (non-hydrogen) atoms. The van der Waals surface area contributed by atoms with Crippen LogP contribution in [0.2, 0.25) is 0 Å². The van der Waals surface area contributed by atoms with E-state index in [0.29, 0.717) is 0 Å². The lowest BCUT2D eigenvalue weighted by molar-refractivity contribution is 0.672. The third-order valence-electron chi connectivity index (χ3n) is 10.0. The molecule has 0 aliphatic carbocycles. The molecule has 0 N–H and O–H groups in total. The van der Waals surface area contributed by atoms with Gasteiger partial charge in [0.05, 0.1) is 11.4 Å². The van der Waals surface area contributed by atoms with Crippen LogP contribution in [0.5, 0.6) is 0 Å². The molecule has 0 aliphatic heterocycles. The normalized spacial score (nSPS) is 11.6. The second kappa shape index (κ2) is 11.5. The summed E-state index contributed by atoms with van der Waals surface area (Å²) in [5.74, 6) is 0. The number of anilines is 3. The fraction of sp³-hybridized carbons (Fsp3) is 0. The van der Waals surface area contributed by atoms with Gasteiger partial charge in [-0.3, -0.25) is 0 Å². The van der Waals surface area contributed by atoms with Gasteiger partial charge in [0.25, 0.3) is 0 Å². The van der Waals surface area contributed by atoms with Crippen molar-refractivity contribution in [2.45, 2.75) is 0 Å². The maximum absolute atomic E-state index is 6.48. The van der Waals surface area contributed by atoms with E-state index in [-0.39, 0.29) is 0 Å². The number of hydrogen-bond donors (Lipinski definition) is 0. The molecule has 2 nitrogen and oxygen atoms in total. The van der Waals surface area contributed by atoms with E-state index in [1.807, 2.05) is 0 Å². The minimum Gasteiger partial charge on any atom is -0.455 e. The molecule has 0 atom stereocenters. The van der Waals surface area contributed by atoms with Crippen LogP contribution in [0.4, 0.5) is 17.1 Å². The van der Waals surface area contributed by atoms with Gasteiger partial charge in [0.1, 0.15) is 11.2 Å². The Balaban J connectivity index is 1.15. The van der Waals surface area contributed by atoms with E-state index >= 15 is 0 Å². The molecule has 0 aliphatic rings. The zero-order chi connectivity index (χ0) is 33.0. The van der Waals surface area contributed by atoms with Crippen LogP contribution >= 0.6 is 0 Å². The summed E-state index contributed by atoms with van der Waals surface area (Å²) < 4.78 is 6.48. The van der Waals surface area contributed by atoms with Gasteiger partial charge in [-0.15, -0.1) is 0 Å². The van der Waals surface area contributed by atoms with Crippen LogP contribution < -0.4 is 4.90 Å². The summed E-state index contributed by atoms with van der Waals surface area (Å²) >= 11 is 0. The summed E-state index contributed by atoms with van der Waals surface area (Å²) in [5, 5.41) is 9.48. The van der Waals surface area contributed by atoms with E-state index < -0.39 is 0 Å². The number of nitrogens with zero attached hydrogens (tertiary/aromatic N) is 1. The van der Waals surface area contributed by atoms with Crippen molar-refractivity contribution in [1.29, 1.82) is 0 Å². The fourth-order valence-electron chi connectivity index (χ4n) is 7.57. The van der Waals surface area contributed by atoms with Gasteiger partial charge in [0, 0.05) is 32.8 Å². The Morgan fingerprint density at radius 3 is 1.82 bits per heavy atom. The number of hydrogen-bond acceptors (Lipinski definition) is 2. The van der Waals surface area contributed by atoms with E-state index in [4.69, 9.17) is 4.42 Å². The smallest absolute Gasteiger partial charge is 0.143 e. The minimum absolute atomic E-state index is 0.896. The Hall–Kier alpha value is -6.64. The first kappa shape index (κ1) is 28.4. The van der Waals surface area contributed by atoms with Crippen molar-refractivity contribution in [3.05, 3.63) is 188 Å². The molecule has 0 saturated heterocycles. The Labute approximate surface area is 290 Å². The zero-order valence-corrected chi connectivity index (χ0v) is 27.3. The largest absolute Gasteiger partial charge is 0.455 e. The number of para-hydroxylation sites is 1. The number of fused-ring (bicyclic) bond motifs is 7. The summed E-state index contributed by atoms with van der Waals surface area (Å²) in [6, 6.07) is 67.6. The van der Waals surface area contributed by atoms with Crippen molar-refractivity contribution in [3.63, 3.8) is 0 Å². The van der Waals surface area contributed by atoms with Gasteiger partial charge in [-0.2, -0.15) is 0 Å². The van der Waals surface area contributed by atoms with Crippen molar-refractivity contribution < 1.29 is 4.42 Å². The molecule has 0 bridgehead atoms. The van der Waals surface area contributed by atoms with E-state index in [1.165, 1.54) is 38.1 Å². The Morgan fingerprint density at radius 2 is 0.960 bits per heavy atom. The van der Waals surface area contributed by atoms with Crippen LogP contribution in [0.15, 0.2) is 192 Å². The third kappa shape index (κ3) is 4.65. The van der Waals surface area contributed by atoms with Gasteiger partial charge in [0.2, 0.25) is 0 Å². The number of benzene rings is 9. The van der Waals surface area contributed by atoms with Crippen LogP contribution in [-0.4, -0.2) is 0 Å². The predicted octanol–water partition coefficient (Wildman–Crippen LogP) is 13.8. The molecule has 0 unspecified atom stereocenters. The number of rotatable bonds is 5. The van der Waals surface area contributed by atoms with Crippen molar-refractivity contribution in [1.82, 2.24) is 0 Å². The quantitative estimate of drug-likeness (QED) is 0.187. The van der Waals surface area contributed by atoms with E-state index in [0.717, 1.165) is 55.5 Å². The zero-order valence-electron chi connectivity index (χ0n) is 27.3. The third-order valence-corrected chi connectivity index (χ3v) is 10.0. The lowest BCUT2D eigenvalue weighted by Crippen LogP contribution is -2.11. The SMILES string of the molecule is c1ccc(N(c2ccc(-c3ccc4ccccc4c3)cc2)c2cccc3ccccc23)c(-c2ccc3oc4c5ccccc5ccc4c3c2)c1. The van der Waals surface area contributed by atoms with Gasteiger partial charge in [-0.1, -0.05) is 140 Å². The summed E-state index contributed by atoms with van der Waals surface area (Å²) in [5.41, 5.74) is 9.87. The number of furan rings is 1. The maximum atomic E-state index is 6.48. The van der Waals surface area contributed by atoms with Crippen molar-refractivity contribution >= 4 is 71.3 Å². The lowest BCUT2D eigenvalue weighted by Gasteiger charge is -2.29.